The highest BCUT2D eigenvalue weighted by atomic mass is 16.5. The van der Waals surface area contributed by atoms with Crippen LogP contribution in [0.3, 0.4) is 0 Å². The number of fused-ring (bicyclic) bond motifs is 1. The highest BCUT2D eigenvalue weighted by Gasteiger charge is 2.42. The first-order valence-electron chi connectivity index (χ1n) is 11.1. The second kappa shape index (κ2) is 8.40. The summed E-state index contributed by atoms with van der Waals surface area (Å²) in [5.74, 6) is 0.890. The van der Waals surface area contributed by atoms with E-state index in [1.807, 2.05) is 12.3 Å². The number of carbonyl (C=O) groups excluding carboxylic acids is 1. The number of pyridine rings is 1. The van der Waals surface area contributed by atoms with Gasteiger partial charge in [0.05, 0.1) is 5.52 Å². The largest absolute Gasteiger partial charge is 0.490 e. The number of aromatic nitrogens is 1. The van der Waals surface area contributed by atoms with E-state index in [1.165, 1.54) is 16.7 Å². The van der Waals surface area contributed by atoms with Crippen LogP contribution in [0.25, 0.3) is 22.0 Å². The summed E-state index contributed by atoms with van der Waals surface area (Å²) in [4.78, 5) is 18.3. The van der Waals surface area contributed by atoms with Crippen molar-refractivity contribution in [1.29, 1.82) is 0 Å². The quantitative estimate of drug-likeness (QED) is 0.562. The van der Waals surface area contributed by atoms with Crippen molar-refractivity contribution in [2.75, 3.05) is 19.7 Å². The summed E-state index contributed by atoms with van der Waals surface area (Å²) in [6.45, 7) is 4.46. The van der Waals surface area contributed by atoms with Crippen molar-refractivity contribution < 1.29 is 14.3 Å². The third-order valence-corrected chi connectivity index (χ3v) is 6.61. The molecule has 2 aromatic carbocycles. The van der Waals surface area contributed by atoms with E-state index in [9.17, 15) is 4.79 Å². The molecule has 0 unspecified atom stereocenters. The van der Waals surface area contributed by atoms with Crippen LogP contribution in [-0.2, 0) is 9.53 Å². The summed E-state index contributed by atoms with van der Waals surface area (Å²) in [6.07, 6.45) is 6.54. The molecule has 2 saturated heterocycles. The first kappa shape index (κ1) is 20.2. The molecule has 31 heavy (non-hydrogen) atoms. The van der Waals surface area contributed by atoms with Gasteiger partial charge >= 0.3 is 0 Å². The predicted octanol–water partition coefficient (Wildman–Crippen LogP) is 4.76. The molecule has 0 saturated carbocycles. The van der Waals surface area contributed by atoms with E-state index in [4.69, 9.17) is 9.47 Å². The Bertz CT molecular complexity index is 1070. The second-order valence-corrected chi connectivity index (χ2v) is 8.61. The van der Waals surface area contributed by atoms with Crippen molar-refractivity contribution in [2.45, 2.75) is 44.4 Å². The fraction of sp³-hybridized carbons (Fsp3) is 0.385. The molecule has 0 N–H and O–H groups in total. The minimum atomic E-state index is -0.695. The van der Waals surface area contributed by atoms with Crippen LogP contribution in [0, 0.1) is 6.92 Å². The molecule has 0 aliphatic carbocycles. The van der Waals surface area contributed by atoms with Gasteiger partial charge in [-0.05, 0) is 79.6 Å². The maximum absolute atomic E-state index is 11.6. The summed E-state index contributed by atoms with van der Waals surface area (Å²) in [7, 11) is 0. The Balaban J connectivity index is 1.24. The summed E-state index contributed by atoms with van der Waals surface area (Å²) in [5, 5.41) is 1.16. The first-order chi connectivity index (χ1) is 15.2. The van der Waals surface area contributed by atoms with Gasteiger partial charge in [-0.15, -0.1) is 0 Å². The molecule has 0 bridgehead atoms. The molecular formula is C26H28N2O3. The lowest BCUT2D eigenvalue weighted by atomic mass is 9.98. The molecule has 2 aliphatic rings. The normalized spacial score (nSPS) is 22.6. The molecule has 2 fully saturated rings. The molecule has 0 radical (unpaired) electrons. The molecule has 5 rings (SSSR count). The highest BCUT2D eigenvalue weighted by Crippen LogP contribution is 2.32. The van der Waals surface area contributed by atoms with Crippen LogP contribution in [0.2, 0.25) is 0 Å². The number of aryl methyl sites for hydroxylation is 1. The van der Waals surface area contributed by atoms with Crippen LogP contribution in [0.5, 0.6) is 5.75 Å². The number of hydrogen-bond acceptors (Lipinski definition) is 5. The molecule has 1 aromatic heterocycles. The molecular weight excluding hydrogens is 388 g/mol. The molecule has 3 heterocycles. The highest BCUT2D eigenvalue weighted by molar-refractivity contribution is 5.86. The van der Waals surface area contributed by atoms with Crippen molar-refractivity contribution in [3.05, 3.63) is 60.3 Å². The number of benzene rings is 2. The summed E-state index contributed by atoms with van der Waals surface area (Å²) in [5.41, 5.74) is 3.91. The summed E-state index contributed by atoms with van der Waals surface area (Å²) in [6, 6.07) is 16.8. The smallest absolute Gasteiger partial charge is 0.177 e. The zero-order valence-electron chi connectivity index (χ0n) is 17.9. The second-order valence-electron chi connectivity index (χ2n) is 8.61. The lowest BCUT2D eigenvalue weighted by Gasteiger charge is -2.40. The van der Waals surface area contributed by atoms with Gasteiger partial charge in [-0.3, -0.25) is 14.7 Å². The van der Waals surface area contributed by atoms with E-state index in [-0.39, 0.29) is 6.10 Å². The average molecular weight is 417 g/mol. The minimum Gasteiger partial charge on any atom is -0.490 e. The van der Waals surface area contributed by atoms with Crippen LogP contribution in [0.1, 0.15) is 31.2 Å². The minimum absolute atomic E-state index is 0.166. The topological polar surface area (TPSA) is 51.7 Å². The molecule has 2 aliphatic heterocycles. The number of aldehydes is 1. The van der Waals surface area contributed by atoms with Crippen LogP contribution in [-0.4, -0.2) is 47.7 Å². The Labute approximate surface area is 183 Å². The lowest BCUT2D eigenvalue weighted by Crippen LogP contribution is -2.54. The number of nitrogens with zero attached hydrogens (tertiary/aromatic N) is 2. The fourth-order valence-corrected chi connectivity index (χ4v) is 4.87. The lowest BCUT2D eigenvalue weighted by molar-refractivity contribution is -0.156. The fourth-order valence-electron chi connectivity index (χ4n) is 4.87. The van der Waals surface area contributed by atoms with Gasteiger partial charge in [-0.1, -0.05) is 18.2 Å². The van der Waals surface area contributed by atoms with Crippen LogP contribution in [0.15, 0.2) is 54.7 Å². The standard InChI is InChI=1S/C26H28N2O3/c1-19-16-21-4-2-12-27-25(21)17-24(19)20-5-7-22(8-6-20)31-23-9-13-28(14-10-23)26(18-29)11-3-15-30-26/h2,4-8,12,16-18,23H,3,9-11,13-15H2,1H3/t26-/m1/s1. The monoisotopic (exact) mass is 416 g/mol. The number of rotatable bonds is 5. The summed E-state index contributed by atoms with van der Waals surface area (Å²) < 4.78 is 12.0. The molecule has 0 spiro atoms. The molecule has 5 heteroatoms. The maximum atomic E-state index is 11.6. The number of carbonyl (C=O) groups is 1. The number of ether oxygens (including phenoxy) is 2. The third-order valence-electron chi connectivity index (χ3n) is 6.61. The Morgan fingerprint density at radius 1 is 1.16 bits per heavy atom. The van der Waals surface area contributed by atoms with Crippen molar-refractivity contribution in [3.63, 3.8) is 0 Å². The Morgan fingerprint density at radius 3 is 2.68 bits per heavy atom. The van der Waals surface area contributed by atoms with E-state index in [2.05, 4.69) is 59.3 Å². The van der Waals surface area contributed by atoms with Gasteiger partial charge in [0, 0.05) is 31.3 Å². The summed E-state index contributed by atoms with van der Waals surface area (Å²) >= 11 is 0. The third kappa shape index (κ3) is 3.95. The van der Waals surface area contributed by atoms with Crippen molar-refractivity contribution in [2.24, 2.45) is 0 Å². The number of likely N-dealkylation sites (tertiary alicyclic amines) is 1. The zero-order chi connectivity index (χ0) is 21.3. The van der Waals surface area contributed by atoms with Gasteiger partial charge in [0.25, 0.3) is 0 Å². The van der Waals surface area contributed by atoms with Gasteiger partial charge in [0.15, 0.2) is 12.0 Å². The van der Waals surface area contributed by atoms with Crippen molar-refractivity contribution in [3.8, 4) is 16.9 Å². The molecule has 160 valence electrons. The predicted molar refractivity (Wildman–Crippen MR) is 121 cm³/mol. The molecule has 1 atom stereocenters. The average Bonchev–Trinajstić information content (AvgIpc) is 3.30. The Morgan fingerprint density at radius 2 is 1.97 bits per heavy atom. The van der Waals surface area contributed by atoms with E-state index in [0.29, 0.717) is 6.61 Å². The SMILES string of the molecule is Cc1cc2cccnc2cc1-c1ccc(OC2CCN([C@]3(C=O)CCCO3)CC2)cc1. The van der Waals surface area contributed by atoms with E-state index in [1.54, 1.807) is 0 Å². The van der Waals surface area contributed by atoms with Crippen molar-refractivity contribution in [1.82, 2.24) is 9.88 Å². The Kier molecular flexibility index (Phi) is 5.47. The van der Waals surface area contributed by atoms with Crippen LogP contribution in [0.4, 0.5) is 0 Å². The Hall–Kier alpha value is -2.76. The molecule has 0 amide bonds. The van der Waals surface area contributed by atoms with E-state index in [0.717, 1.165) is 61.7 Å². The molecule has 3 aromatic rings. The van der Waals surface area contributed by atoms with Gasteiger partial charge in [-0.2, -0.15) is 0 Å². The van der Waals surface area contributed by atoms with E-state index >= 15 is 0 Å². The van der Waals surface area contributed by atoms with Crippen LogP contribution < -0.4 is 4.74 Å². The van der Waals surface area contributed by atoms with E-state index < -0.39 is 5.72 Å². The van der Waals surface area contributed by atoms with Gasteiger partial charge < -0.3 is 9.47 Å². The number of piperidine rings is 1. The maximum Gasteiger partial charge on any atom is 0.177 e. The zero-order valence-corrected chi connectivity index (χ0v) is 17.9. The van der Waals surface area contributed by atoms with Crippen molar-refractivity contribution >= 4 is 17.2 Å². The molecule has 5 nitrogen and oxygen atoms in total. The van der Waals surface area contributed by atoms with Gasteiger partial charge in [0.1, 0.15) is 11.9 Å². The first-order valence-corrected chi connectivity index (χ1v) is 11.1. The van der Waals surface area contributed by atoms with Gasteiger partial charge in [0.2, 0.25) is 0 Å². The number of hydrogen-bond donors (Lipinski definition) is 0. The van der Waals surface area contributed by atoms with Gasteiger partial charge in [-0.25, -0.2) is 0 Å². The van der Waals surface area contributed by atoms with Crippen LogP contribution >= 0.6 is 0 Å².